The maximum Gasteiger partial charge on any atom is 0.338 e. The molecule has 1 unspecified atom stereocenters. The van der Waals surface area contributed by atoms with Gasteiger partial charge in [-0.05, 0) is 61.4 Å². The minimum Gasteiger partial charge on any atom is -0.493 e. The summed E-state index contributed by atoms with van der Waals surface area (Å²) in [6, 6.07) is 26.8. The normalized spacial score (nSPS) is 14.7. The lowest BCUT2D eigenvalue weighted by Crippen LogP contribution is -2.25. The van der Waals surface area contributed by atoms with Gasteiger partial charge < -0.3 is 29.4 Å². The van der Waals surface area contributed by atoms with Crippen molar-refractivity contribution in [1.82, 2.24) is 0 Å². The van der Waals surface area contributed by atoms with Gasteiger partial charge in [-0.25, -0.2) is 4.79 Å². The highest BCUT2D eigenvalue weighted by Crippen LogP contribution is 2.40. The van der Waals surface area contributed by atoms with Crippen LogP contribution in [0.4, 0.5) is 0 Å². The molecule has 2 N–H and O–H groups in total. The third-order valence-corrected chi connectivity index (χ3v) is 6.19. The van der Waals surface area contributed by atoms with Crippen molar-refractivity contribution >= 4 is 5.97 Å². The molecule has 3 aromatic carbocycles. The summed E-state index contributed by atoms with van der Waals surface area (Å²) >= 11 is 0. The fourth-order valence-corrected chi connectivity index (χ4v) is 4.28. The summed E-state index contributed by atoms with van der Waals surface area (Å²) in [5.41, 5.74) is 8.17. The number of carbonyl (C=O) groups excluding carboxylic acids is 1. The average molecular weight is 541 g/mol. The van der Waals surface area contributed by atoms with Crippen molar-refractivity contribution in [2.45, 2.75) is 32.8 Å². The number of nitrogens with zero attached hydrogens (tertiary/aromatic N) is 1. The molecule has 0 aliphatic carbocycles. The Morgan fingerprint density at radius 2 is 1.60 bits per heavy atom. The van der Waals surface area contributed by atoms with Crippen molar-refractivity contribution in [1.29, 1.82) is 5.26 Å². The highest BCUT2D eigenvalue weighted by Gasteiger charge is 2.36. The zero-order chi connectivity index (χ0) is 28.3. The van der Waals surface area contributed by atoms with Crippen LogP contribution in [0.3, 0.4) is 0 Å². The number of nitriles is 1. The molecule has 206 valence electrons. The summed E-state index contributed by atoms with van der Waals surface area (Å²) in [4.78, 5) is 12.7. The van der Waals surface area contributed by atoms with Crippen molar-refractivity contribution in [2.75, 3.05) is 19.8 Å². The van der Waals surface area contributed by atoms with E-state index >= 15 is 0 Å². The molecular weight excluding hydrogens is 508 g/mol. The number of allylic oxidation sites excluding steroid dienone is 2. The Balaban J connectivity index is 1.30. The van der Waals surface area contributed by atoms with Crippen LogP contribution < -0.4 is 19.9 Å². The van der Waals surface area contributed by atoms with E-state index in [4.69, 9.17) is 29.4 Å². The summed E-state index contributed by atoms with van der Waals surface area (Å²) in [6.45, 7) is 4.94. The van der Waals surface area contributed by atoms with Crippen LogP contribution in [0.2, 0.25) is 0 Å². The van der Waals surface area contributed by atoms with Crippen molar-refractivity contribution < 1.29 is 28.5 Å². The SMILES string of the molecule is CCOC(=O)C1=C(C)OC(N)=C(C#N)C1c1cccc(OCCCOc2ccc(OCc3ccccc3)cc2)c1. The number of carbonyl (C=O) groups is 1. The van der Waals surface area contributed by atoms with Crippen LogP contribution in [0.15, 0.2) is 102 Å². The van der Waals surface area contributed by atoms with Gasteiger partial charge in [-0.2, -0.15) is 5.26 Å². The monoisotopic (exact) mass is 540 g/mol. The predicted molar refractivity (Wildman–Crippen MR) is 149 cm³/mol. The summed E-state index contributed by atoms with van der Waals surface area (Å²) in [5, 5.41) is 9.77. The fourth-order valence-electron chi connectivity index (χ4n) is 4.28. The van der Waals surface area contributed by atoms with Crippen LogP contribution in [0.5, 0.6) is 17.2 Å². The summed E-state index contributed by atoms with van der Waals surface area (Å²) < 4.78 is 28.3. The molecule has 1 atom stereocenters. The molecular formula is C32H32N2O6. The summed E-state index contributed by atoms with van der Waals surface area (Å²) in [6.07, 6.45) is 0.650. The molecule has 0 saturated heterocycles. The molecule has 0 amide bonds. The topological polar surface area (TPSA) is 113 Å². The van der Waals surface area contributed by atoms with E-state index in [1.165, 1.54) is 0 Å². The standard InChI is InChI=1S/C32H32N2O6/c1-3-36-32(35)29-22(2)40-31(34)28(20-33)30(29)24-11-7-12-27(19-24)38-18-8-17-37-25-13-15-26(16-14-25)39-21-23-9-5-4-6-10-23/h4-7,9-16,19,30H,3,8,17-18,21,34H2,1-2H3. The molecule has 0 spiro atoms. The van der Waals surface area contributed by atoms with Gasteiger partial charge in [0.05, 0.1) is 31.3 Å². The lowest BCUT2D eigenvalue weighted by molar-refractivity contribution is -0.139. The third-order valence-electron chi connectivity index (χ3n) is 6.19. The van der Waals surface area contributed by atoms with E-state index in [2.05, 4.69) is 6.07 Å². The number of rotatable bonds is 12. The van der Waals surface area contributed by atoms with E-state index in [9.17, 15) is 10.1 Å². The van der Waals surface area contributed by atoms with Crippen LogP contribution >= 0.6 is 0 Å². The van der Waals surface area contributed by atoms with E-state index in [0.717, 1.165) is 17.1 Å². The smallest absolute Gasteiger partial charge is 0.338 e. The maximum atomic E-state index is 12.7. The summed E-state index contributed by atoms with van der Waals surface area (Å²) in [7, 11) is 0. The molecule has 0 fully saturated rings. The van der Waals surface area contributed by atoms with E-state index in [1.807, 2.05) is 66.7 Å². The van der Waals surface area contributed by atoms with Crippen LogP contribution in [0, 0.1) is 11.3 Å². The van der Waals surface area contributed by atoms with Gasteiger partial charge >= 0.3 is 5.97 Å². The summed E-state index contributed by atoms with van der Waals surface area (Å²) in [5.74, 6) is 1.12. The highest BCUT2D eigenvalue weighted by atomic mass is 16.5. The second-order valence-corrected chi connectivity index (χ2v) is 8.98. The maximum absolute atomic E-state index is 12.7. The molecule has 0 saturated carbocycles. The number of benzene rings is 3. The van der Waals surface area contributed by atoms with Crippen LogP contribution in [-0.2, 0) is 20.9 Å². The van der Waals surface area contributed by atoms with Gasteiger partial charge in [-0.3, -0.25) is 0 Å². The molecule has 3 aromatic rings. The number of hydrogen-bond acceptors (Lipinski definition) is 8. The first-order valence-corrected chi connectivity index (χ1v) is 13.1. The molecule has 0 aromatic heterocycles. The molecule has 0 radical (unpaired) electrons. The molecule has 1 heterocycles. The molecule has 1 aliphatic rings. The van der Waals surface area contributed by atoms with Gasteiger partial charge in [-0.15, -0.1) is 0 Å². The Hall–Kier alpha value is -4.90. The molecule has 1 aliphatic heterocycles. The third kappa shape index (κ3) is 7.14. The first-order valence-electron chi connectivity index (χ1n) is 13.1. The molecule has 8 nitrogen and oxygen atoms in total. The minimum absolute atomic E-state index is 0.0303. The van der Waals surface area contributed by atoms with Gasteiger partial charge in [0.15, 0.2) is 0 Å². The van der Waals surface area contributed by atoms with E-state index in [0.29, 0.717) is 43.3 Å². The lowest BCUT2D eigenvalue weighted by atomic mass is 9.83. The predicted octanol–water partition coefficient (Wildman–Crippen LogP) is 5.76. The molecule has 40 heavy (non-hydrogen) atoms. The van der Waals surface area contributed by atoms with Crippen molar-refractivity contribution in [2.24, 2.45) is 5.73 Å². The Morgan fingerprint density at radius 3 is 2.27 bits per heavy atom. The first kappa shape index (κ1) is 28.1. The van der Waals surface area contributed by atoms with Gasteiger partial charge in [0.2, 0.25) is 5.88 Å². The van der Waals surface area contributed by atoms with Gasteiger partial charge in [0, 0.05) is 6.42 Å². The van der Waals surface area contributed by atoms with E-state index in [1.54, 1.807) is 26.0 Å². The molecule has 8 heteroatoms. The second kappa shape index (κ2) is 13.8. The highest BCUT2D eigenvalue weighted by molar-refractivity contribution is 5.92. The Kier molecular flexibility index (Phi) is 9.67. The zero-order valence-corrected chi connectivity index (χ0v) is 22.6. The number of nitrogens with two attached hydrogens (primary N) is 1. The average Bonchev–Trinajstić information content (AvgIpc) is 2.97. The molecule has 0 bridgehead atoms. The Labute approximate surface area is 234 Å². The number of esters is 1. The van der Waals surface area contributed by atoms with Crippen molar-refractivity contribution in [3.63, 3.8) is 0 Å². The van der Waals surface area contributed by atoms with Crippen LogP contribution in [-0.4, -0.2) is 25.8 Å². The fraction of sp³-hybridized carbons (Fsp3) is 0.250. The minimum atomic E-state index is -0.718. The molecule has 4 rings (SSSR count). The van der Waals surface area contributed by atoms with Gasteiger partial charge in [0.25, 0.3) is 0 Å². The lowest BCUT2D eigenvalue weighted by Gasteiger charge is -2.27. The largest absolute Gasteiger partial charge is 0.493 e. The second-order valence-electron chi connectivity index (χ2n) is 8.98. The quantitative estimate of drug-likeness (QED) is 0.228. The van der Waals surface area contributed by atoms with Crippen molar-refractivity contribution in [3.05, 3.63) is 113 Å². The van der Waals surface area contributed by atoms with E-state index < -0.39 is 11.9 Å². The van der Waals surface area contributed by atoms with Gasteiger partial charge in [0.1, 0.15) is 41.3 Å². The number of hydrogen-bond donors (Lipinski definition) is 1. The van der Waals surface area contributed by atoms with Gasteiger partial charge in [-0.1, -0.05) is 42.5 Å². The zero-order valence-electron chi connectivity index (χ0n) is 22.6. The van der Waals surface area contributed by atoms with Crippen LogP contribution in [0.25, 0.3) is 0 Å². The number of ether oxygens (including phenoxy) is 5. The Morgan fingerprint density at radius 1 is 0.925 bits per heavy atom. The van der Waals surface area contributed by atoms with Crippen LogP contribution in [0.1, 0.15) is 37.3 Å². The first-order chi connectivity index (χ1) is 19.5. The Bertz CT molecular complexity index is 1410. The van der Waals surface area contributed by atoms with Crippen molar-refractivity contribution in [3.8, 4) is 23.3 Å². The van der Waals surface area contributed by atoms with E-state index in [-0.39, 0.29) is 23.6 Å².